The molecule has 18 heavy (non-hydrogen) atoms. The molecule has 1 aromatic carbocycles. The van der Waals surface area contributed by atoms with Gasteiger partial charge in [-0.05, 0) is 37.9 Å². The number of para-hydroxylation sites is 1. The van der Waals surface area contributed by atoms with Gasteiger partial charge in [0.25, 0.3) is 5.91 Å². The maximum Gasteiger partial charge on any atom is 0.257 e. The van der Waals surface area contributed by atoms with Crippen molar-refractivity contribution in [3.63, 3.8) is 0 Å². The topological polar surface area (TPSA) is 50.4 Å². The number of carbonyl (C=O) groups excluding carboxylic acids is 1. The Morgan fingerprint density at radius 2 is 2.22 bits per heavy atom. The number of hydrogen-bond donors (Lipinski definition) is 2. The number of carbonyl (C=O) groups is 1. The van der Waals surface area contributed by atoms with Crippen LogP contribution in [0.3, 0.4) is 0 Å². The summed E-state index contributed by atoms with van der Waals surface area (Å²) in [5.74, 6) is 0.668. The maximum absolute atomic E-state index is 11.5. The zero-order valence-electron chi connectivity index (χ0n) is 10.5. The summed E-state index contributed by atoms with van der Waals surface area (Å²) in [6.45, 7) is 1.91. The normalized spacial score (nSPS) is 18.6. The predicted octanol–water partition coefficient (Wildman–Crippen LogP) is 1.32. The van der Waals surface area contributed by atoms with Crippen LogP contribution in [0.5, 0.6) is 5.75 Å². The molecule has 2 rings (SSSR count). The van der Waals surface area contributed by atoms with Gasteiger partial charge in [-0.2, -0.15) is 0 Å². The highest BCUT2D eigenvalue weighted by Gasteiger charge is 2.13. The van der Waals surface area contributed by atoms with E-state index in [9.17, 15) is 4.79 Å². The summed E-state index contributed by atoms with van der Waals surface area (Å²) in [5.41, 5.74) is 0. The van der Waals surface area contributed by atoms with E-state index in [-0.39, 0.29) is 12.5 Å². The first-order valence-electron chi connectivity index (χ1n) is 6.52. The van der Waals surface area contributed by atoms with E-state index in [2.05, 4.69) is 10.6 Å². The fourth-order valence-corrected chi connectivity index (χ4v) is 2.11. The molecule has 0 aliphatic carbocycles. The minimum Gasteiger partial charge on any atom is -0.484 e. The van der Waals surface area contributed by atoms with Gasteiger partial charge in [-0.25, -0.2) is 0 Å². The van der Waals surface area contributed by atoms with Crippen LogP contribution in [0.2, 0.25) is 0 Å². The second kappa shape index (κ2) is 7.01. The zero-order valence-corrected chi connectivity index (χ0v) is 10.5. The molecular formula is C14H20N2O2. The Morgan fingerprint density at radius 1 is 1.39 bits per heavy atom. The van der Waals surface area contributed by atoms with E-state index in [0.717, 1.165) is 18.7 Å². The zero-order chi connectivity index (χ0) is 12.6. The minimum atomic E-state index is -0.0585. The Morgan fingerprint density at radius 3 is 2.94 bits per heavy atom. The summed E-state index contributed by atoms with van der Waals surface area (Å²) < 4.78 is 5.36. The van der Waals surface area contributed by atoms with Crippen LogP contribution >= 0.6 is 0 Å². The van der Waals surface area contributed by atoms with E-state index < -0.39 is 0 Å². The number of benzene rings is 1. The van der Waals surface area contributed by atoms with Gasteiger partial charge < -0.3 is 15.4 Å². The average Bonchev–Trinajstić information content (AvgIpc) is 2.91. The minimum absolute atomic E-state index is 0.0585. The summed E-state index contributed by atoms with van der Waals surface area (Å²) in [6, 6.07) is 9.95. The van der Waals surface area contributed by atoms with Crippen LogP contribution in [0.25, 0.3) is 0 Å². The Kier molecular flexibility index (Phi) is 5.02. The average molecular weight is 248 g/mol. The standard InChI is InChI=1S/C14H20N2O2/c17-14(11-18-13-6-2-1-3-7-13)16-10-8-12-5-4-9-15-12/h1-3,6-7,12,15H,4-5,8-11H2,(H,16,17). The van der Waals surface area contributed by atoms with Crippen molar-refractivity contribution < 1.29 is 9.53 Å². The lowest BCUT2D eigenvalue weighted by Gasteiger charge is -2.11. The first-order chi connectivity index (χ1) is 8.84. The molecule has 0 bridgehead atoms. The van der Waals surface area contributed by atoms with Crippen LogP contribution in [-0.2, 0) is 4.79 Å². The lowest BCUT2D eigenvalue weighted by atomic mass is 10.1. The molecule has 1 aliphatic heterocycles. The van der Waals surface area contributed by atoms with Gasteiger partial charge in [0.15, 0.2) is 6.61 Å². The monoisotopic (exact) mass is 248 g/mol. The third-order valence-corrected chi connectivity index (χ3v) is 3.09. The molecule has 1 fully saturated rings. The Balaban J connectivity index is 1.57. The molecular weight excluding hydrogens is 228 g/mol. The molecule has 2 N–H and O–H groups in total. The molecule has 1 unspecified atom stereocenters. The number of amides is 1. The van der Waals surface area contributed by atoms with E-state index in [0.29, 0.717) is 12.6 Å². The Bertz CT molecular complexity index is 361. The van der Waals surface area contributed by atoms with Crippen molar-refractivity contribution in [1.82, 2.24) is 10.6 Å². The van der Waals surface area contributed by atoms with Crippen molar-refractivity contribution in [3.8, 4) is 5.75 Å². The van der Waals surface area contributed by atoms with E-state index in [1.165, 1.54) is 12.8 Å². The van der Waals surface area contributed by atoms with Crippen molar-refractivity contribution in [1.29, 1.82) is 0 Å². The van der Waals surface area contributed by atoms with Gasteiger partial charge in [0.2, 0.25) is 0 Å². The van der Waals surface area contributed by atoms with Crippen LogP contribution < -0.4 is 15.4 Å². The summed E-state index contributed by atoms with van der Waals surface area (Å²) in [4.78, 5) is 11.5. The molecule has 4 heteroatoms. The van der Waals surface area contributed by atoms with E-state index in [1.807, 2.05) is 30.3 Å². The molecule has 4 nitrogen and oxygen atoms in total. The molecule has 1 aliphatic rings. The highest BCUT2D eigenvalue weighted by Crippen LogP contribution is 2.08. The van der Waals surface area contributed by atoms with Crippen molar-refractivity contribution >= 4 is 5.91 Å². The van der Waals surface area contributed by atoms with Crippen LogP contribution in [0.1, 0.15) is 19.3 Å². The summed E-state index contributed by atoms with van der Waals surface area (Å²) >= 11 is 0. The van der Waals surface area contributed by atoms with Gasteiger partial charge in [0.05, 0.1) is 0 Å². The SMILES string of the molecule is O=C(COc1ccccc1)NCCC1CCCN1. The lowest BCUT2D eigenvalue weighted by molar-refractivity contribution is -0.123. The molecule has 1 aromatic rings. The fraction of sp³-hybridized carbons (Fsp3) is 0.500. The third kappa shape index (κ3) is 4.37. The molecule has 1 saturated heterocycles. The second-order valence-corrected chi connectivity index (χ2v) is 4.53. The van der Waals surface area contributed by atoms with Gasteiger partial charge in [0, 0.05) is 12.6 Å². The first kappa shape index (κ1) is 12.9. The first-order valence-corrected chi connectivity index (χ1v) is 6.52. The Labute approximate surface area is 108 Å². The maximum atomic E-state index is 11.5. The van der Waals surface area contributed by atoms with Gasteiger partial charge in [0.1, 0.15) is 5.75 Å². The van der Waals surface area contributed by atoms with Crippen molar-refractivity contribution in [3.05, 3.63) is 30.3 Å². The molecule has 0 radical (unpaired) electrons. The van der Waals surface area contributed by atoms with Gasteiger partial charge in [-0.15, -0.1) is 0 Å². The van der Waals surface area contributed by atoms with Gasteiger partial charge in [-0.3, -0.25) is 4.79 Å². The fourth-order valence-electron chi connectivity index (χ4n) is 2.11. The quantitative estimate of drug-likeness (QED) is 0.798. The summed E-state index contributed by atoms with van der Waals surface area (Å²) in [6.07, 6.45) is 3.46. The highest BCUT2D eigenvalue weighted by molar-refractivity contribution is 5.77. The highest BCUT2D eigenvalue weighted by atomic mass is 16.5. The van der Waals surface area contributed by atoms with Gasteiger partial charge in [-0.1, -0.05) is 18.2 Å². The smallest absolute Gasteiger partial charge is 0.257 e. The van der Waals surface area contributed by atoms with E-state index >= 15 is 0 Å². The molecule has 1 atom stereocenters. The predicted molar refractivity (Wildman–Crippen MR) is 70.6 cm³/mol. The van der Waals surface area contributed by atoms with Crippen LogP contribution in [0, 0.1) is 0 Å². The molecule has 0 saturated carbocycles. The van der Waals surface area contributed by atoms with Crippen molar-refractivity contribution in [2.45, 2.75) is 25.3 Å². The van der Waals surface area contributed by atoms with Crippen molar-refractivity contribution in [2.75, 3.05) is 19.7 Å². The van der Waals surface area contributed by atoms with E-state index in [4.69, 9.17) is 4.74 Å². The largest absolute Gasteiger partial charge is 0.484 e. The molecule has 1 heterocycles. The Hall–Kier alpha value is -1.55. The van der Waals surface area contributed by atoms with E-state index in [1.54, 1.807) is 0 Å². The second-order valence-electron chi connectivity index (χ2n) is 4.53. The molecule has 98 valence electrons. The lowest BCUT2D eigenvalue weighted by Crippen LogP contribution is -2.33. The van der Waals surface area contributed by atoms with Gasteiger partial charge >= 0.3 is 0 Å². The number of nitrogens with one attached hydrogen (secondary N) is 2. The van der Waals surface area contributed by atoms with Crippen LogP contribution in [-0.4, -0.2) is 31.6 Å². The number of ether oxygens (including phenoxy) is 1. The molecule has 0 aromatic heterocycles. The van der Waals surface area contributed by atoms with Crippen molar-refractivity contribution in [2.24, 2.45) is 0 Å². The summed E-state index contributed by atoms with van der Waals surface area (Å²) in [5, 5.41) is 6.28. The van der Waals surface area contributed by atoms with Crippen LogP contribution in [0.15, 0.2) is 30.3 Å². The summed E-state index contributed by atoms with van der Waals surface area (Å²) in [7, 11) is 0. The number of rotatable bonds is 6. The van der Waals surface area contributed by atoms with Crippen LogP contribution in [0.4, 0.5) is 0 Å². The third-order valence-electron chi connectivity index (χ3n) is 3.09. The number of hydrogen-bond acceptors (Lipinski definition) is 3. The molecule has 1 amide bonds. The molecule has 0 spiro atoms.